The average Bonchev–Trinajstić information content (AvgIpc) is 2.65. The molecular weight excluding hydrogens is 373 g/mol. The zero-order valence-corrected chi connectivity index (χ0v) is 16.0. The number of carbonyl (C=O) groups is 1. The minimum Gasteiger partial charge on any atom is -0.383 e. The molecule has 0 heterocycles. The molecule has 0 spiro atoms. The molecule has 0 fully saturated rings. The van der Waals surface area contributed by atoms with Crippen molar-refractivity contribution in [2.24, 2.45) is 0 Å². The SMILES string of the molecule is CCS(=O)(=O)Oc1ccc(CN(CCOC)C(=O)c2cccc(F)c2)cc1. The molecule has 146 valence electrons. The standard InChI is InChI=1S/C19H22FNO5S/c1-3-27(23,24)26-18-9-7-15(8-10-18)14-21(11-12-25-2)19(22)16-5-4-6-17(20)13-16/h4-10,13H,3,11-12,14H2,1-2H3. The van der Waals surface area contributed by atoms with Gasteiger partial charge in [-0.25, -0.2) is 4.39 Å². The molecule has 0 aliphatic heterocycles. The van der Waals surface area contributed by atoms with E-state index in [1.54, 1.807) is 18.2 Å². The molecule has 0 saturated heterocycles. The zero-order valence-electron chi connectivity index (χ0n) is 15.2. The van der Waals surface area contributed by atoms with Crippen LogP contribution in [0.5, 0.6) is 5.75 Å². The van der Waals surface area contributed by atoms with Crippen LogP contribution in [-0.4, -0.2) is 45.2 Å². The summed E-state index contributed by atoms with van der Waals surface area (Å²) in [7, 11) is -2.06. The lowest BCUT2D eigenvalue weighted by Gasteiger charge is -2.23. The van der Waals surface area contributed by atoms with Crippen molar-refractivity contribution in [2.75, 3.05) is 26.0 Å². The Hall–Kier alpha value is -2.45. The first-order chi connectivity index (χ1) is 12.8. The summed E-state index contributed by atoms with van der Waals surface area (Å²) < 4.78 is 46.4. The van der Waals surface area contributed by atoms with Crippen molar-refractivity contribution >= 4 is 16.0 Å². The van der Waals surface area contributed by atoms with Crippen LogP contribution in [0.4, 0.5) is 4.39 Å². The van der Waals surface area contributed by atoms with Gasteiger partial charge in [-0.05, 0) is 42.8 Å². The van der Waals surface area contributed by atoms with Crippen molar-refractivity contribution in [1.82, 2.24) is 4.90 Å². The molecule has 0 bridgehead atoms. The Kier molecular flexibility index (Phi) is 7.32. The summed E-state index contributed by atoms with van der Waals surface area (Å²) in [5, 5.41) is 0. The quantitative estimate of drug-likeness (QED) is 0.611. The van der Waals surface area contributed by atoms with E-state index in [2.05, 4.69) is 0 Å². The van der Waals surface area contributed by atoms with E-state index in [-0.39, 0.29) is 29.5 Å². The van der Waals surface area contributed by atoms with E-state index in [1.807, 2.05) is 0 Å². The van der Waals surface area contributed by atoms with Crippen molar-refractivity contribution in [3.8, 4) is 5.75 Å². The number of amides is 1. The van der Waals surface area contributed by atoms with Gasteiger partial charge in [-0.15, -0.1) is 0 Å². The first-order valence-electron chi connectivity index (χ1n) is 8.39. The van der Waals surface area contributed by atoms with E-state index < -0.39 is 15.9 Å². The number of rotatable bonds is 9. The number of ether oxygens (including phenoxy) is 1. The van der Waals surface area contributed by atoms with E-state index in [1.165, 1.54) is 49.3 Å². The highest BCUT2D eigenvalue weighted by Gasteiger charge is 2.17. The Bertz CT molecular complexity index is 868. The number of methoxy groups -OCH3 is 1. The van der Waals surface area contributed by atoms with Crippen LogP contribution in [0.3, 0.4) is 0 Å². The molecule has 0 saturated carbocycles. The largest absolute Gasteiger partial charge is 0.383 e. The van der Waals surface area contributed by atoms with Gasteiger partial charge < -0.3 is 13.8 Å². The summed E-state index contributed by atoms with van der Waals surface area (Å²) in [6.45, 7) is 2.42. The fourth-order valence-electron chi connectivity index (χ4n) is 2.33. The highest BCUT2D eigenvalue weighted by Crippen LogP contribution is 2.17. The van der Waals surface area contributed by atoms with E-state index in [0.717, 1.165) is 5.56 Å². The fraction of sp³-hybridized carbons (Fsp3) is 0.316. The number of halogens is 1. The van der Waals surface area contributed by atoms with Crippen molar-refractivity contribution < 1.29 is 26.5 Å². The van der Waals surface area contributed by atoms with Crippen LogP contribution in [0.1, 0.15) is 22.8 Å². The summed E-state index contributed by atoms with van der Waals surface area (Å²) in [6, 6.07) is 11.9. The topological polar surface area (TPSA) is 72.9 Å². The molecule has 0 N–H and O–H groups in total. The second-order valence-corrected chi connectivity index (χ2v) is 7.66. The lowest BCUT2D eigenvalue weighted by Crippen LogP contribution is -2.33. The third-order valence-electron chi connectivity index (χ3n) is 3.80. The molecule has 6 nitrogen and oxygen atoms in total. The molecule has 8 heteroatoms. The van der Waals surface area contributed by atoms with E-state index in [9.17, 15) is 17.6 Å². The second-order valence-electron chi connectivity index (χ2n) is 5.80. The summed E-state index contributed by atoms with van der Waals surface area (Å²) in [6.07, 6.45) is 0. The van der Waals surface area contributed by atoms with Crippen molar-refractivity contribution in [3.05, 3.63) is 65.5 Å². The lowest BCUT2D eigenvalue weighted by atomic mass is 10.1. The van der Waals surface area contributed by atoms with Crippen LogP contribution < -0.4 is 4.18 Å². The molecule has 1 amide bonds. The summed E-state index contributed by atoms with van der Waals surface area (Å²) in [5.74, 6) is -0.714. The Morgan fingerprint density at radius 2 is 1.85 bits per heavy atom. The minimum absolute atomic E-state index is 0.123. The van der Waals surface area contributed by atoms with Crippen LogP contribution in [0, 0.1) is 5.82 Å². The van der Waals surface area contributed by atoms with Gasteiger partial charge >= 0.3 is 10.1 Å². The number of benzene rings is 2. The molecule has 0 aliphatic rings. The third-order valence-corrected chi connectivity index (χ3v) is 4.95. The van der Waals surface area contributed by atoms with Crippen LogP contribution in [-0.2, 0) is 21.4 Å². The molecule has 2 rings (SSSR count). The molecule has 0 radical (unpaired) electrons. The minimum atomic E-state index is -3.59. The van der Waals surface area contributed by atoms with E-state index in [4.69, 9.17) is 8.92 Å². The Balaban J connectivity index is 2.14. The molecule has 2 aromatic carbocycles. The first-order valence-corrected chi connectivity index (χ1v) is 9.97. The summed E-state index contributed by atoms with van der Waals surface area (Å²) >= 11 is 0. The van der Waals surface area contributed by atoms with E-state index in [0.29, 0.717) is 13.2 Å². The Morgan fingerprint density at radius 1 is 1.15 bits per heavy atom. The third kappa shape index (κ3) is 6.33. The van der Waals surface area contributed by atoms with Gasteiger partial charge in [0.1, 0.15) is 11.6 Å². The monoisotopic (exact) mass is 395 g/mol. The van der Waals surface area contributed by atoms with Gasteiger partial charge in [0.25, 0.3) is 5.91 Å². The molecule has 0 atom stereocenters. The van der Waals surface area contributed by atoms with Gasteiger partial charge in [0.05, 0.1) is 12.4 Å². The first kappa shape index (κ1) is 20.9. The van der Waals surface area contributed by atoms with Crippen LogP contribution in [0.2, 0.25) is 0 Å². The smallest absolute Gasteiger partial charge is 0.308 e. The van der Waals surface area contributed by atoms with Gasteiger partial charge in [-0.3, -0.25) is 4.79 Å². The fourth-order valence-corrected chi connectivity index (χ4v) is 2.86. The Labute approximate surface area is 158 Å². The van der Waals surface area contributed by atoms with Gasteiger partial charge in [-0.1, -0.05) is 18.2 Å². The maximum absolute atomic E-state index is 13.4. The number of hydrogen-bond donors (Lipinski definition) is 0. The molecule has 0 unspecified atom stereocenters. The molecular formula is C19H22FNO5S. The van der Waals surface area contributed by atoms with Crippen LogP contribution in [0.25, 0.3) is 0 Å². The summed E-state index contributed by atoms with van der Waals surface area (Å²) in [4.78, 5) is 14.2. The maximum Gasteiger partial charge on any atom is 0.308 e. The van der Waals surface area contributed by atoms with Crippen molar-refractivity contribution in [1.29, 1.82) is 0 Å². The zero-order chi connectivity index (χ0) is 19.9. The number of hydrogen-bond acceptors (Lipinski definition) is 5. The average molecular weight is 395 g/mol. The number of carbonyl (C=O) groups excluding carboxylic acids is 1. The van der Waals surface area contributed by atoms with Gasteiger partial charge in [0, 0.05) is 25.8 Å². The van der Waals surface area contributed by atoms with E-state index >= 15 is 0 Å². The normalized spacial score (nSPS) is 11.2. The highest BCUT2D eigenvalue weighted by atomic mass is 32.2. The lowest BCUT2D eigenvalue weighted by molar-refractivity contribution is 0.0680. The van der Waals surface area contributed by atoms with Crippen LogP contribution >= 0.6 is 0 Å². The van der Waals surface area contributed by atoms with Crippen LogP contribution in [0.15, 0.2) is 48.5 Å². The molecule has 2 aromatic rings. The molecule has 0 aromatic heterocycles. The number of nitrogens with zero attached hydrogens (tertiary/aromatic N) is 1. The van der Waals surface area contributed by atoms with Gasteiger partial charge in [0.15, 0.2) is 0 Å². The highest BCUT2D eigenvalue weighted by molar-refractivity contribution is 7.87. The van der Waals surface area contributed by atoms with Gasteiger partial charge in [-0.2, -0.15) is 8.42 Å². The molecule has 0 aliphatic carbocycles. The van der Waals surface area contributed by atoms with Gasteiger partial charge in [0.2, 0.25) is 0 Å². The predicted molar refractivity (Wildman–Crippen MR) is 99.5 cm³/mol. The maximum atomic E-state index is 13.4. The Morgan fingerprint density at radius 3 is 2.44 bits per heavy atom. The second kappa shape index (κ2) is 9.48. The molecule has 27 heavy (non-hydrogen) atoms. The predicted octanol–water partition coefficient (Wildman–Crippen LogP) is 2.84. The summed E-state index contributed by atoms with van der Waals surface area (Å²) in [5.41, 5.74) is 1.03. The van der Waals surface area contributed by atoms with Crippen molar-refractivity contribution in [3.63, 3.8) is 0 Å². The van der Waals surface area contributed by atoms with Crippen molar-refractivity contribution in [2.45, 2.75) is 13.5 Å².